The number of carbonyl (C=O) groups is 1. The molecule has 1 amide bonds. The Morgan fingerprint density at radius 3 is 2.30 bits per heavy atom. The first kappa shape index (κ1) is 17.9. The highest BCUT2D eigenvalue weighted by molar-refractivity contribution is 7.90. The summed E-state index contributed by atoms with van der Waals surface area (Å²) in [6.07, 6.45) is 0.771. The van der Waals surface area contributed by atoms with Crippen molar-refractivity contribution in [3.63, 3.8) is 0 Å². The van der Waals surface area contributed by atoms with Gasteiger partial charge in [-0.25, -0.2) is 8.42 Å². The van der Waals surface area contributed by atoms with Crippen molar-refractivity contribution in [1.29, 1.82) is 0 Å². The van der Waals surface area contributed by atoms with Gasteiger partial charge >= 0.3 is 0 Å². The van der Waals surface area contributed by atoms with Gasteiger partial charge in [0.25, 0.3) is 0 Å². The van der Waals surface area contributed by atoms with Crippen LogP contribution in [0.1, 0.15) is 38.7 Å². The van der Waals surface area contributed by atoms with Crippen molar-refractivity contribution >= 4 is 15.9 Å². The number of amides is 1. The summed E-state index contributed by atoms with van der Waals surface area (Å²) in [6.45, 7) is 5.34. The van der Waals surface area contributed by atoms with Gasteiger partial charge in [0.1, 0.15) is 0 Å². The van der Waals surface area contributed by atoms with E-state index in [0.29, 0.717) is 0 Å². The van der Waals surface area contributed by atoms with E-state index < -0.39 is 15.3 Å². The maximum Gasteiger partial charge on any atom is 0.241 e. The normalized spacial score (nSPS) is 26.9. The Balaban J connectivity index is 2.31. The smallest absolute Gasteiger partial charge is 0.241 e. The van der Waals surface area contributed by atoms with Crippen LogP contribution in [0.3, 0.4) is 0 Å². The lowest BCUT2D eigenvalue weighted by atomic mass is 9.92. The van der Waals surface area contributed by atoms with E-state index in [1.807, 2.05) is 44.2 Å². The zero-order valence-electron chi connectivity index (χ0n) is 14.4. The van der Waals surface area contributed by atoms with Gasteiger partial charge in [0.15, 0.2) is 5.25 Å². The molecule has 5 nitrogen and oxygen atoms in total. The van der Waals surface area contributed by atoms with Gasteiger partial charge in [0, 0.05) is 32.1 Å². The van der Waals surface area contributed by atoms with Crippen LogP contribution in [0.4, 0.5) is 0 Å². The Bertz CT molecular complexity index is 658. The monoisotopic (exact) mass is 338 g/mol. The van der Waals surface area contributed by atoms with Gasteiger partial charge in [-0.05, 0) is 32.8 Å². The number of sulfonamides is 1. The van der Waals surface area contributed by atoms with Gasteiger partial charge in [-0.2, -0.15) is 4.31 Å². The summed E-state index contributed by atoms with van der Waals surface area (Å²) in [5.74, 6) is -0.227. The lowest BCUT2D eigenvalue weighted by molar-refractivity contribution is -0.128. The topological polar surface area (TPSA) is 57.7 Å². The highest BCUT2D eigenvalue weighted by Crippen LogP contribution is 2.39. The molecule has 0 radical (unpaired) electrons. The molecule has 1 aliphatic rings. The van der Waals surface area contributed by atoms with Crippen molar-refractivity contribution in [3.05, 3.63) is 35.9 Å². The minimum atomic E-state index is -3.68. The fraction of sp³-hybridized carbons (Fsp3) is 0.588. The molecule has 1 aromatic carbocycles. The third kappa shape index (κ3) is 3.28. The van der Waals surface area contributed by atoms with Crippen LogP contribution in [-0.2, 0) is 14.8 Å². The third-order valence-electron chi connectivity index (χ3n) is 4.77. The summed E-state index contributed by atoms with van der Waals surface area (Å²) in [4.78, 5) is 13.5. The molecule has 1 aliphatic heterocycles. The molecule has 1 fully saturated rings. The summed E-state index contributed by atoms with van der Waals surface area (Å²) in [5.41, 5.74) is 1.15. The summed E-state index contributed by atoms with van der Waals surface area (Å²) < 4.78 is 27.4. The average molecular weight is 338 g/mol. The van der Waals surface area contributed by atoms with Crippen molar-refractivity contribution in [1.82, 2.24) is 9.21 Å². The summed E-state index contributed by atoms with van der Waals surface area (Å²) in [6, 6.07) is 9.72. The first-order chi connectivity index (χ1) is 10.7. The molecule has 4 atom stereocenters. The molecule has 0 bridgehead atoms. The number of hydrogen-bond donors (Lipinski definition) is 0. The minimum Gasteiger partial charge on any atom is -0.348 e. The third-order valence-corrected chi connectivity index (χ3v) is 7.15. The molecule has 23 heavy (non-hydrogen) atoms. The molecule has 128 valence electrons. The van der Waals surface area contributed by atoms with Crippen LogP contribution in [0, 0.1) is 0 Å². The summed E-state index contributed by atoms with van der Waals surface area (Å²) in [7, 11) is -0.517. The molecule has 1 aromatic rings. The molecule has 1 heterocycles. The molecule has 0 saturated carbocycles. The maximum atomic E-state index is 13.0. The van der Waals surface area contributed by atoms with E-state index in [1.165, 1.54) is 16.1 Å². The van der Waals surface area contributed by atoms with E-state index in [2.05, 4.69) is 0 Å². The lowest BCUT2D eigenvalue weighted by Gasteiger charge is -2.30. The number of benzene rings is 1. The number of rotatable bonds is 4. The van der Waals surface area contributed by atoms with Crippen LogP contribution < -0.4 is 0 Å². The second-order valence-electron chi connectivity index (χ2n) is 6.59. The Morgan fingerprint density at radius 1 is 1.22 bits per heavy atom. The zero-order chi connectivity index (χ0) is 17.4. The van der Waals surface area contributed by atoms with Crippen molar-refractivity contribution in [2.45, 2.75) is 50.4 Å². The molecule has 2 rings (SSSR count). The molecule has 0 aromatic heterocycles. The molecular formula is C17H26N2O3S. The van der Waals surface area contributed by atoms with Crippen molar-refractivity contribution in [2.24, 2.45) is 0 Å². The van der Waals surface area contributed by atoms with Gasteiger partial charge in [0.05, 0.1) is 0 Å². The molecule has 0 unspecified atom stereocenters. The first-order valence-corrected chi connectivity index (χ1v) is 9.46. The van der Waals surface area contributed by atoms with E-state index >= 15 is 0 Å². The SMILES string of the molecule is C[C@@H]1C[C@H](c2ccccc2)[C@H](C)N1S(=O)(=O)[C@@H](C)C(=O)N(C)C. The fourth-order valence-electron chi connectivity index (χ4n) is 3.52. The van der Waals surface area contributed by atoms with E-state index in [-0.39, 0.29) is 23.9 Å². The number of carbonyl (C=O) groups excluding carboxylic acids is 1. The van der Waals surface area contributed by atoms with Crippen LogP contribution in [0.15, 0.2) is 30.3 Å². The van der Waals surface area contributed by atoms with Crippen molar-refractivity contribution < 1.29 is 13.2 Å². The maximum absolute atomic E-state index is 13.0. The summed E-state index contributed by atoms with van der Waals surface area (Å²) >= 11 is 0. The van der Waals surface area contributed by atoms with Gasteiger partial charge in [-0.3, -0.25) is 4.79 Å². The highest BCUT2D eigenvalue weighted by atomic mass is 32.2. The van der Waals surface area contributed by atoms with Crippen LogP contribution in [-0.4, -0.2) is 55.0 Å². The largest absolute Gasteiger partial charge is 0.348 e. The Morgan fingerprint density at radius 2 is 1.78 bits per heavy atom. The Labute approximate surface area is 139 Å². The lowest BCUT2D eigenvalue weighted by Crippen LogP contribution is -2.48. The van der Waals surface area contributed by atoms with Gasteiger partial charge in [0.2, 0.25) is 15.9 Å². The average Bonchev–Trinajstić information content (AvgIpc) is 2.81. The Kier molecular flexibility index (Phi) is 5.16. The van der Waals surface area contributed by atoms with Crippen molar-refractivity contribution in [3.8, 4) is 0 Å². The quantitative estimate of drug-likeness (QED) is 0.844. The first-order valence-electron chi connectivity index (χ1n) is 7.96. The Hall–Kier alpha value is -1.40. The predicted octanol–water partition coefficient (Wildman–Crippen LogP) is 2.06. The zero-order valence-corrected chi connectivity index (χ0v) is 15.2. The van der Waals surface area contributed by atoms with Gasteiger partial charge < -0.3 is 4.90 Å². The minimum absolute atomic E-state index is 0.113. The number of hydrogen-bond acceptors (Lipinski definition) is 3. The van der Waals surface area contributed by atoms with Crippen LogP contribution in [0.5, 0.6) is 0 Å². The predicted molar refractivity (Wildman–Crippen MR) is 91.6 cm³/mol. The van der Waals surface area contributed by atoms with E-state index in [4.69, 9.17) is 0 Å². The number of nitrogens with zero attached hydrogens (tertiary/aromatic N) is 2. The second-order valence-corrected chi connectivity index (χ2v) is 8.75. The second kappa shape index (κ2) is 6.61. The standard InChI is InChI=1S/C17H26N2O3S/c1-12-11-16(15-9-7-6-8-10-15)13(2)19(12)23(21,22)14(3)17(20)18(4)5/h6-10,12-14,16H,11H2,1-5H3/t12-,13+,14+,16+/m1/s1. The summed E-state index contributed by atoms with van der Waals surface area (Å²) in [5, 5.41) is -1.06. The van der Waals surface area contributed by atoms with E-state index in [1.54, 1.807) is 14.1 Å². The van der Waals surface area contributed by atoms with Crippen LogP contribution in [0.2, 0.25) is 0 Å². The highest BCUT2D eigenvalue weighted by Gasteiger charge is 2.47. The molecule has 6 heteroatoms. The van der Waals surface area contributed by atoms with E-state index in [0.717, 1.165) is 12.0 Å². The van der Waals surface area contributed by atoms with E-state index in [9.17, 15) is 13.2 Å². The van der Waals surface area contributed by atoms with Gasteiger partial charge in [-0.15, -0.1) is 0 Å². The molecule has 0 aliphatic carbocycles. The molecular weight excluding hydrogens is 312 g/mol. The molecule has 1 saturated heterocycles. The van der Waals surface area contributed by atoms with Crippen LogP contribution in [0.25, 0.3) is 0 Å². The fourth-order valence-corrected chi connectivity index (χ4v) is 5.55. The molecule has 0 spiro atoms. The van der Waals surface area contributed by atoms with Crippen LogP contribution >= 0.6 is 0 Å². The van der Waals surface area contributed by atoms with Crippen molar-refractivity contribution in [2.75, 3.05) is 14.1 Å². The van der Waals surface area contributed by atoms with Gasteiger partial charge in [-0.1, -0.05) is 30.3 Å². The molecule has 0 N–H and O–H groups in total.